The maximum Gasteiger partial charge on any atom is 0.416 e. The maximum atomic E-state index is 14.3. The molecule has 4 rings (SSSR count). The first kappa shape index (κ1) is 49.2. The highest BCUT2D eigenvalue weighted by molar-refractivity contribution is 7.82. The first-order valence-electron chi connectivity index (χ1n) is 20.3. The van der Waals surface area contributed by atoms with Gasteiger partial charge in [-0.15, -0.1) is 0 Å². The Morgan fingerprint density at radius 1 is 0.867 bits per heavy atom. The number of likely N-dealkylation sites (N-methyl/N-ethyl adjacent to an activating group) is 1. The highest BCUT2D eigenvalue weighted by Gasteiger charge is 2.52. The molecule has 2 aliphatic heterocycles. The van der Waals surface area contributed by atoms with Crippen LogP contribution in [0, 0.1) is 6.92 Å². The van der Waals surface area contributed by atoms with Crippen molar-refractivity contribution >= 4 is 28.7 Å². The number of alkyl halides is 3. The summed E-state index contributed by atoms with van der Waals surface area (Å²) in [6.45, 7) is 20.5. The fraction of sp³-hybridized carbons (Fsp3) is 0.651. The van der Waals surface area contributed by atoms with Gasteiger partial charge < -0.3 is 18.9 Å². The molecule has 13 nitrogen and oxygen atoms in total. The van der Waals surface area contributed by atoms with Crippen LogP contribution in [-0.2, 0) is 52.3 Å². The molecule has 17 heteroatoms. The molecular weight excluding hydrogens is 806 g/mol. The van der Waals surface area contributed by atoms with E-state index in [4.69, 9.17) is 33.6 Å². The summed E-state index contributed by atoms with van der Waals surface area (Å²) in [6, 6.07) is 8.55. The van der Waals surface area contributed by atoms with E-state index in [2.05, 4.69) is 0 Å². The highest BCUT2D eigenvalue weighted by Crippen LogP contribution is 2.39. The van der Waals surface area contributed by atoms with Gasteiger partial charge in [0.15, 0.2) is 5.84 Å². The Bertz CT molecular complexity index is 1850. The van der Waals surface area contributed by atoms with Crippen LogP contribution in [0.4, 0.5) is 13.2 Å². The molecule has 0 N–H and O–H groups in total. The molecule has 1 fully saturated rings. The van der Waals surface area contributed by atoms with Gasteiger partial charge in [0.2, 0.25) is 0 Å². The molecule has 0 radical (unpaired) electrons. The van der Waals surface area contributed by atoms with Crippen molar-refractivity contribution in [2.75, 3.05) is 65.5 Å². The topological polar surface area (TPSA) is 129 Å². The number of rotatable bonds is 18. The highest BCUT2D eigenvalue weighted by atomic mass is 32.2. The summed E-state index contributed by atoms with van der Waals surface area (Å²) < 4.78 is 80.4. The second-order valence-corrected chi connectivity index (χ2v) is 19.6. The summed E-state index contributed by atoms with van der Waals surface area (Å²) in [7, 11) is 0.426. The quantitative estimate of drug-likeness (QED) is 0.0870. The van der Waals surface area contributed by atoms with Crippen molar-refractivity contribution < 1.29 is 55.6 Å². The van der Waals surface area contributed by atoms with Crippen LogP contribution in [0.3, 0.4) is 0 Å². The van der Waals surface area contributed by atoms with Gasteiger partial charge in [-0.3, -0.25) is 14.5 Å². The van der Waals surface area contributed by atoms with Gasteiger partial charge in [-0.05, 0) is 130 Å². The Kier molecular flexibility index (Phi) is 16.5. The number of benzene rings is 2. The number of amidine groups is 1. The zero-order valence-electron chi connectivity index (χ0n) is 37.0. The monoisotopic (exact) mass is 868 g/mol. The Labute approximate surface area is 355 Å². The number of amides is 1. The van der Waals surface area contributed by atoms with Gasteiger partial charge >= 0.3 is 12.1 Å². The molecule has 1 atom stereocenters. The van der Waals surface area contributed by atoms with Gasteiger partial charge in [0, 0.05) is 38.0 Å². The number of ether oxygens (including phenoxy) is 4. The smallest absolute Gasteiger partial charge is 0.416 e. The van der Waals surface area contributed by atoms with E-state index in [0.717, 1.165) is 28.3 Å². The lowest BCUT2D eigenvalue weighted by atomic mass is 9.89. The number of halogens is 3. The third-order valence-corrected chi connectivity index (χ3v) is 10.7. The molecule has 0 aliphatic carbocycles. The lowest BCUT2D eigenvalue weighted by molar-refractivity contribution is -0.218. The number of carbonyl (C=O) groups is 2. The van der Waals surface area contributed by atoms with Crippen molar-refractivity contribution in [2.24, 2.45) is 4.99 Å². The van der Waals surface area contributed by atoms with E-state index in [1.807, 2.05) is 40.8 Å². The maximum absolute atomic E-state index is 14.3. The number of esters is 1. The fourth-order valence-electron chi connectivity index (χ4n) is 6.50. The summed E-state index contributed by atoms with van der Waals surface area (Å²) in [5, 5.41) is 2.71. The zero-order chi connectivity index (χ0) is 44.7. The molecule has 1 spiro atoms. The van der Waals surface area contributed by atoms with E-state index in [9.17, 15) is 27.0 Å². The molecule has 1 unspecified atom stereocenters. The van der Waals surface area contributed by atoms with Gasteiger partial charge in [-0.25, -0.2) is 18.3 Å². The van der Waals surface area contributed by atoms with Gasteiger partial charge in [0.05, 0.1) is 59.7 Å². The summed E-state index contributed by atoms with van der Waals surface area (Å²) in [5.41, 5.74) is -1.85. The van der Waals surface area contributed by atoms with E-state index < -0.39 is 51.3 Å². The van der Waals surface area contributed by atoms with Gasteiger partial charge in [0.1, 0.15) is 23.5 Å². The molecule has 1 saturated heterocycles. The first-order chi connectivity index (χ1) is 27.8. The predicted octanol–water partition coefficient (Wildman–Crippen LogP) is 7.10. The Morgan fingerprint density at radius 2 is 1.50 bits per heavy atom. The van der Waals surface area contributed by atoms with E-state index in [-0.39, 0.29) is 68.5 Å². The number of hydroxylamine groups is 4. The normalized spacial score (nSPS) is 17.1. The average molecular weight is 869 g/mol. The average Bonchev–Trinajstić information content (AvgIpc) is 3.37. The van der Waals surface area contributed by atoms with E-state index >= 15 is 0 Å². The number of aryl methyl sites for hydroxylation is 2. The van der Waals surface area contributed by atoms with Crippen LogP contribution in [-0.4, -0.2) is 124 Å². The van der Waals surface area contributed by atoms with Gasteiger partial charge in [-0.1, -0.05) is 6.07 Å². The number of aliphatic imine (C=N–C) groups is 1. The van der Waals surface area contributed by atoms with E-state index in [1.165, 1.54) is 6.07 Å². The van der Waals surface area contributed by atoms with E-state index in [1.54, 1.807) is 63.0 Å². The lowest BCUT2D eigenvalue weighted by Gasteiger charge is -2.36. The fourth-order valence-corrected chi connectivity index (χ4v) is 7.74. The largest absolute Gasteiger partial charge is 0.491 e. The SMILES string of the molecule is Cc1cc(C(=O)OC(C)(C)C)ccc1CCS(=O)N1CCC2(CC1)N=C(c1cc(OCCOCCOCCN(C)OC(C)(C)C)cc(C(F)(F)F)c1)N(OC(C)(C)C)C2=O. The standard InChI is InChI=1S/C43H63F3N4O9S/c1-30-26-32(37(51)57-39(2,3)4)13-12-31(30)14-25-60(53)49-17-15-42(16-18-49)38(52)50(59-41(8,9)10)36(47-42)33-27-34(43(44,45)46)29-35(28-33)56-24-23-55-22-21-54-20-19-48(11)58-40(5,6)7/h12-13,26-29H,14-25H2,1-11H3. The van der Waals surface area contributed by atoms with Crippen LogP contribution in [0.25, 0.3) is 0 Å². The minimum Gasteiger partial charge on any atom is -0.491 e. The van der Waals surface area contributed by atoms with Crippen LogP contribution in [0.5, 0.6) is 5.75 Å². The third kappa shape index (κ3) is 14.9. The van der Waals surface area contributed by atoms with Gasteiger partial charge in [-0.2, -0.15) is 23.3 Å². The summed E-state index contributed by atoms with van der Waals surface area (Å²) in [5.74, 6) is -0.725. The molecule has 2 aromatic rings. The van der Waals surface area contributed by atoms with Gasteiger partial charge in [0.25, 0.3) is 5.91 Å². The van der Waals surface area contributed by atoms with Crippen LogP contribution >= 0.6 is 0 Å². The minimum atomic E-state index is -4.72. The molecule has 1 amide bonds. The number of carbonyl (C=O) groups excluding carboxylic acids is 2. The predicted molar refractivity (Wildman–Crippen MR) is 223 cm³/mol. The molecule has 60 heavy (non-hydrogen) atoms. The molecular formula is C43H63F3N4O9S. The summed E-state index contributed by atoms with van der Waals surface area (Å²) in [6.07, 6.45) is -3.87. The number of piperidine rings is 1. The second-order valence-electron chi connectivity index (χ2n) is 18.0. The van der Waals surface area contributed by atoms with Crippen molar-refractivity contribution in [2.45, 2.75) is 117 Å². The molecule has 2 aromatic carbocycles. The van der Waals surface area contributed by atoms with Crippen LogP contribution in [0.1, 0.15) is 108 Å². The summed E-state index contributed by atoms with van der Waals surface area (Å²) >= 11 is 0. The number of hydrogen-bond acceptors (Lipinski definition) is 11. The third-order valence-electron chi connectivity index (χ3n) is 9.16. The molecule has 0 aromatic heterocycles. The molecule has 2 aliphatic rings. The Hall–Kier alpha value is -3.45. The lowest BCUT2D eigenvalue weighted by Crippen LogP contribution is -2.51. The van der Waals surface area contributed by atoms with Crippen molar-refractivity contribution in [3.63, 3.8) is 0 Å². The van der Waals surface area contributed by atoms with Crippen LogP contribution < -0.4 is 4.74 Å². The minimum absolute atomic E-state index is 0.00286. The van der Waals surface area contributed by atoms with Crippen molar-refractivity contribution in [1.82, 2.24) is 14.4 Å². The number of nitrogens with zero attached hydrogens (tertiary/aromatic N) is 4. The first-order valence-corrected chi connectivity index (χ1v) is 21.5. The summed E-state index contributed by atoms with van der Waals surface area (Å²) in [4.78, 5) is 43.3. The van der Waals surface area contributed by atoms with Crippen molar-refractivity contribution in [3.8, 4) is 5.75 Å². The molecule has 0 bridgehead atoms. The van der Waals surface area contributed by atoms with Crippen molar-refractivity contribution in [1.29, 1.82) is 0 Å². The Morgan fingerprint density at radius 3 is 2.08 bits per heavy atom. The van der Waals surface area contributed by atoms with E-state index in [0.29, 0.717) is 37.5 Å². The second kappa shape index (κ2) is 20.2. The molecule has 2 heterocycles. The Balaban J connectivity index is 1.40. The zero-order valence-corrected chi connectivity index (χ0v) is 37.8. The van der Waals surface area contributed by atoms with Crippen LogP contribution in [0.2, 0.25) is 0 Å². The number of hydrogen-bond donors (Lipinski definition) is 0. The molecule has 336 valence electrons. The van der Waals surface area contributed by atoms with Crippen LogP contribution in [0.15, 0.2) is 41.4 Å². The van der Waals surface area contributed by atoms with Crippen molar-refractivity contribution in [3.05, 3.63) is 64.2 Å². The molecule has 0 saturated carbocycles.